The van der Waals surface area contributed by atoms with E-state index in [4.69, 9.17) is 4.42 Å². The predicted molar refractivity (Wildman–Crippen MR) is 170 cm³/mol. The van der Waals surface area contributed by atoms with Gasteiger partial charge >= 0.3 is 0 Å². The highest BCUT2D eigenvalue weighted by atomic mass is 16.3. The Morgan fingerprint density at radius 2 is 0.951 bits per heavy atom. The Balaban J connectivity index is 1.16. The van der Waals surface area contributed by atoms with Gasteiger partial charge in [-0.2, -0.15) is 0 Å². The van der Waals surface area contributed by atoms with Gasteiger partial charge in [-0.15, -0.1) is 0 Å². The monoisotopic (exact) mass is 528 g/mol. The molecule has 0 saturated heterocycles. The SMILES string of the molecule is c1ccc(-c2cccc(-c3ccc(C4Nc5ccccc5NC4c4ccc5c(c4)oc4ccccc45)cc3)c2)cc1. The second kappa shape index (κ2) is 9.72. The second-order valence-electron chi connectivity index (χ2n) is 10.7. The van der Waals surface area contributed by atoms with Crippen LogP contribution in [0.15, 0.2) is 150 Å². The maximum Gasteiger partial charge on any atom is 0.135 e. The largest absolute Gasteiger partial charge is 0.456 e. The minimum atomic E-state index is 0.0229. The van der Waals surface area contributed by atoms with Gasteiger partial charge in [0.1, 0.15) is 11.2 Å². The van der Waals surface area contributed by atoms with Crippen LogP contribution >= 0.6 is 0 Å². The van der Waals surface area contributed by atoms with Crippen molar-refractivity contribution in [2.24, 2.45) is 0 Å². The molecule has 7 aromatic rings. The molecule has 1 aliphatic heterocycles. The van der Waals surface area contributed by atoms with Crippen LogP contribution in [0.4, 0.5) is 11.4 Å². The van der Waals surface area contributed by atoms with Crippen LogP contribution in [-0.2, 0) is 0 Å². The van der Waals surface area contributed by atoms with Gasteiger partial charge in [0.05, 0.1) is 23.5 Å². The van der Waals surface area contributed by atoms with E-state index >= 15 is 0 Å². The highest BCUT2D eigenvalue weighted by molar-refractivity contribution is 6.05. The summed E-state index contributed by atoms with van der Waals surface area (Å²) in [6, 6.07) is 51.6. The smallest absolute Gasteiger partial charge is 0.135 e. The topological polar surface area (TPSA) is 37.2 Å². The van der Waals surface area contributed by atoms with E-state index in [-0.39, 0.29) is 12.1 Å². The zero-order valence-electron chi connectivity index (χ0n) is 22.4. The fourth-order valence-electron chi connectivity index (χ4n) is 6.12. The number of rotatable bonds is 4. The van der Waals surface area contributed by atoms with Gasteiger partial charge in [0.15, 0.2) is 0 Å². The average Bonchev–Trinajstić information content (AvgIpc) is 3.43. The third-order valence-electron chi connectivity index (χ3n) is 8.22. The third-order valence-corrected chi connectivity index (χ3v) is 8.22. The Morgan fingerprint density at radius 1 is 0.390 bits per heavy atom. The van der Waals surface area contributed by atoms with Crippen LogP contribution < -0.4 is 10.6 Å². The van der Waals surface area contributed by atoms with Crippen molar-refractivity contribution in [1.29, 1.82) is 0 Å². The summed E-state index contributed by atoms with van der Waals surface area (Å²) < 4.78 is 6.25. The van der Waals surface area contributed by atoms with Gasteiger partial charge < -0.3 is 15.1 Å². The van der Waals surface area contributed by atoms with Crippen molar-refractivity contribution in [1.82, 2.24) is 0 Å². The minimum absolute atomic E-state index is 0.0229. The first-order valence-electron chi connectivity index (χ1n) is 14.1. The van der Waals surface area contributed by atoms with Gasteiger partial charge in [0, 0.05) is 10.8 Å². The molecule has 3 nitrogen and oxygen atoms in total. The Labute approximate surface area is 239 Å². The van der Waals surface area contributed by atoms with Crippen LogP contribution in [0.1, 0.15) is 23.2 Å². The Kier molecular flexibility index (Phi) is 5.60. The molecule has 0 bridgehead atoms. The molecule has 0 fully saturated rings. The molecule has 2 unspecified atom stereocenters. The van der Waals surface area contributed by atoms with Crippen LogP contribution in [0.25, 0.3) is 44.2 Å². The number of hydrogen-bond donors (Lipinski definition) is 2. The molecule has 1 aromatic heterocycles. The Bertz CT molecular complexity index is 2010. The third kappa shape index (κ3) is 4.23. The van der Waals surface area contributed by atoms with Crippen LogP contribution in [-0.4, -0.2) is 0 Å². The molecule has 196 valence electrons. The van der Waals surface area contributed by atoms with Crippen LogP contribution in [0.3, 0.4) is 0 Å². The molecule has 41 heavy (non-hydrogen) atoms. The molecule has 2 heterocycles. The summed E-state index contributed by atoms with van der Waals surface area (Å²) in [5.74, 6) is 0. The van der Waals surface area contributed by atoms with E-state index in [9.17, 15) is 0 Å². The molecule has 0 spiro atoms. The number of para-hydroxylation sites is 3. The standard InChI is InChI=1S/C38H28N2O/c1-2-9-25(10-3-1)28-11-8-12-29(23-28)26-17-19-27(20-18-26)37-38(40-34-15-6-5-14-33(34)39-37)30-21-22-32-31-13-4-7-16-35(31)41-36(32)24-30/h1-24,37-40H. The Hall–Kier alpha value is -5.28. The molecule has 3 heteroatoms. The first kappa shape index (κ1) is 23.6. The molecule has 2 atom stereocenters. The molecule has 0 aliphatic carbocycles. The van der Waals surface area contributed by atoms with Crippen molar-refractivity contribution < 1.29 is 4.42 Å². The lowest BCUT2D eigenvalue weighted by Crippen LogP contribution is -2.30. The molecule has 0 radical (unpaired) electrons. The molecule has 0 amide bonds. The van der Waals surface area contributed by atoms with Crippen LogP contribution in [0, 0.1) is 0 Å². The fraction of sp³-hybridized carbons (Fsp3) is 0.0526. The van der Waals surface area contributed by atoms with Gasteiger partial charge in [-0.05, 0) is 63.7 Å². The van der Waals surface area contributed by atoms with Crippen molar-refractivity contribution in [3.05, 3.63) is 157 Å². The molecule has 0 saturated carbocycles. The van der Waals surface area contributed by atoms with E-state index in [1.165, 1.54) is 33.4 Å². The molecule has 2 N–H and O–H groups in total. The van der Waals surface area contributed by atoms with Crippen molar-refractivity contribution in [2.75, 3.05) is 10.6 Å². The number of furan rings is 1. The van der Waals surface area contributed by atoms with Gasteiger partial charge in [-0.3, -0.25) is 0 Å². The lowest BCUT2D eigenvalue weighted by molar-refractivity contribution is 0.631. The minimum Gasteiger partial charge on any atom is -0.456 e. The molecule has 6 aromatic carbocycles. The molecular formula is C38H28N2O. The zero-order valence-corrected chi connectivity index (χ0v) is 22.4. The quantitative estimate of drug-likeness (QED) is 0.239. The second-order valence-corrected chi connectivity index (χ2v) is 10.7. The summed E-state index contributed by atoms with van der Waals surface area (Å²) in [4.78, 5) is 0. The van der Waals surface area contributed by atoms with E-state index in [1.54, 1.807) is 0 Å². The van der Waals surface area contributed by atoms with Gasteiger partial charge in [0.25, 0.3) is 0 Å². The first-order valence-corrected chi connectivity index (χ1v) is 14.1. The number of fused-ring (bicyclic) bond motifs is 4. The summed E-state index contributed by atoms with van der Waals surface area (Å²) >= 11 is 0. The summed E-state index contributed by atoms with van der Waals surface area (Å²) in [6.07, 6.45) is 0. The summed E-state index contributed by atoms with van der Waals surface area (Å²) in [6.45, 7) is 0. The molecule has 8 rings (SSSR count). The summed E-state index contributed by atoms with van der Waals surface area (Å²) in [5, 5.41) is 9.96. The van der Waals surface area contributed by atoms with Gasteiger partial charge in [0.2, 0.25) is 0 Å². The number of nitrogens with one attached hydrogen (secondary N) is 2. The molecule has 1 aliphatic rings. The fourth-order valence-corrected chi connectivity index (χ4v) is 6.12. The maximum absolute atomic E-state index is 6.25. The van der Waals surface area contributed by atoms with E-state index in [0.717, 1.165) is 33.3 Å². The van der Waals surface area contributed by atoms with Crippen molar-refractivity contribution >= 4 is 33.3 Å². The summed E-state index contributed by atoms with van der Waals surface area (Å²) in [7, 11) is 0. The van der Waals surface area contributed by atoms with Gasteiger partial charge in [-0.25, -0.2) is 0 Å². The number of anilines is 2. The van der Waals surface area contributed by atoms with Crippen molar-refractivity contribution in [2.45, 2.75) is 12.1 Å². The highest BCUT2D eigenvalue weighted by Crippen LogP contribution is 2.43. The van der Waals surface area contributed by atoms with E-state index in [2.05, 4.69) is 144 Å². The van der Waals surface area contributed by atoms with Crippen molar-refractivity contribution in [3.63, 3.8) is 0 Å². The van der Waals surface area contributed by atoms with Crippen molar-refractivity contribution in [3.8, 4) is 22.3 Å². The zero-order chi connectivity index (χ0) is 27.2. The van der Waals surface area contributed by atoms with Gasteiger partial charge in [-0.1, -0.05) is 115 Å². The Morgan fingerprint density at radius 3 is 1.71 bits per heavy atom. The van der Waals surface area contributed by atoms with E-state index in [1.807, 2.05) is 12.1 Å². The average molecular weight is 529 g/mol. The number of benzene rings is 6. The first-order chi connectivity index (χ1) is 20.3. The normalized spacial score (nSPS) is 16.2. The predicted octanol–water partition coefficient (Wildman–Crippen LogP) is 10.2. The van der Waals surface area contributed by atoms with E-state index in [0.29, 0.717) is 0 Å². The van der Waals surface area contributed by atoms with Crippen LogP contribution in [0.5, 0.6) is 0 Å². The lowest BCUT2D eigenvalue weighted by atomic mass is 9.89. The molecular weight excluding hydrogens is 500 g/mol. The number of hydrogen-bond acceptors (Lipinski definition) is 3. The maximum atomic E-state index is 6.25. The van der Waals surface area contributed by atoms with E-state index < -0.39 is 0 Å². The lowest BCUT2D eigenvalue weighted by Gasteiger charge is -2.37. The summed E-state index contributed by atoms with van der Waals surface area (Å²) in [5.41, 5.74) is 11.3. The van der Waals surface area contributed by atoms with Crippen LogP contribution in [0.2, 0.25) is 0 Å². The highest BCUT2D eigenvalue weighted by Gasteiger charge is 2.30.